The summed E-state index contributed by atoms with van der Waals surface area (Å²) < 4.78 is 12.4. The molecule has 0 saturated carbocycles. The van der Waals surface area contributed by atoms with Crippen LogP contribution in [0.25, 0.3) is 0 Å². The number of aromatic nitrogens is 3. The third-order valence-electron chi connectivity index (χ3n) is 4.86. The largest absolute Gasteiger partial charge is 0.486 e. The molecule has 0 aliphatic carbocycles. The summed E-state index contributed by atoms with van der Waals surface area (Å²) in [5, 5.41) is 11.9. The first-order chi connectivity index (χ1) is 16.5. The van der Waals surface area contributed by atoms with Crippen LogP contribution in [-0.2, 0) is 29.1 Å². The van der Waals surface area contributed by atoms with Gasteiger partial charge in [0.15, 0.2) is 11.0 Å². The van der Waals surface area contributed by atoms with Gasteiger partial charge in [0.1, 0.15) is 12.4 Å². The van der Waals surface area contributed by atoms with Gasteiger partial charge in [-0.05, 0) is 48.4 Å². The molecule has 8 nitrogen and oxygen atoms in total. The molecule has 0 bridgehead atoms. The average molecular weight is 481 g/mol. The van der Waals surface area contributed by atoms with Gasteiger partial charge in [0.25, 0.3) is 0 Å². The van der Waals surface area contributed by atoms with Gasteiger partial charge >= 0.3 is 5.97 Å². The molecule has 178 valence electrons. The Labute approximate surface area is 203 Å². The highest BCUT2D eigenvalue weighted by molar-refractivity contribution is 7.99. The van der Waals surface area contributed by atoms with Crippen molar-refractivity contribution in [2.24, 2.45) is 0 Å². The lowest BCUT2D eigenvalue weighted by molar-refractivity contribution is -0.113. The van der Waals surface area contributed by atoms with E-state index in [1.807, 2.05) is 16.7 Å². The summed E-state index contributed by atoms with van der Waals surface area (Å²) in [6.45, 7) is 6.71. The van der Waals surface area contributed by atoms with E-state index >= 15 is 0 Å². The van der Waals surface area contributed by atoms with E-state index in [1.165, 1.54) is 24.4 Å². The van der Waals surface area contributed by atoms with Crippen molar-refractivity contribution in [2.75, 3.05) is 18.2 Å². The first-order valence-corrected chi connectivity index (χ1v) is 11.9. The number of nitrogens with one attached hydrogen (secondary N) is 1. The normalized spacial score (nSPS) is 10.5. The van der Waals surface area contributed by atoms with Crippen LogP contribution in [-0.4, -0.2) is 39.5 Å². The Hall–Kier alpha value is -3.59. The Morgan fingerprint density at radius 3 is 2.50 bits per heavy atom. The molecule has 0 atom stereocenters. The van der Waals surface area contributed by atoms with Gasteiger partial charge in [-0.25, -0.2) is 4.79 Å². The van der Waals surface area contributed by atoms with Crippen LogP contribution in [0.2, 0.25) is 0 Å². The van der Waals surface area contributed by atoms with Crippen molar-refractivity contribution >= 4 is 29.3 Å². The zero-order chi connectivity index (χ0) is 24.3. The summed E-state index contributed by atoms with van der Waals surface area (Å²) in [7, 11) is 1.32. The van der Waals surface area contributed by atoms with Gasteiger partial charge in [0, 0.05) is 12.2 Å². The number of benzene rings is 2. The summed E-state index contributed by atoms with van der Waals surface area (Å²) in [5.74, 6) is 0.934. The van der Waals surface area contributed by atoms with Gasteiger partial charge in [-0.1, -0.05) is 43.3 Å². The maximum atomic E-state index is 12.4. The minimum absolute atomic E-state index is 0.147. The smallest absolute Gasteiger partial charge is 0.337 e. The molecule has 1 heterocycles. The number of hydrogen-bond donors (Lipinski definition) is 1. The topological polar surface area (TPSA) is 95.3 Å². The van der Waals surface area contributed by atoms with Crippen LogP contribution in [0.1, 0.15) is 35.1 Å². The number of aryl methyl sites for hydroxylation is 1. The number of allylic oxidation sites excluding steroid dienone is 1. The van der Waals surface area contributed by atoms with Crippen LogP contribution >= 0.6 is 11.8 Å². The molecular weight excluding hydrogens is 452 g/mol. The number of nitrogens with zero attached hydrogens (tertiary/aromatic N) is 3. The number of carbonyl (C=O) groups excluding carboxylic acids is 2. The van der Waals surface area contributed by atoms with E-state index in [4.69, 9.17) is 4.74 Å². The molecule has 3 rings (SSSR count). The minimum atomic E-state index is -0.428. The van der Waals surface area contributed by atoms with Crippen molar-refractivity contribution in [3.8, 4) is 5.75 Å². The van der Waals surface area contributed by atoms with Gasteiger partial charge in [-0.3, -0.25) is 9.36 Å². The molecule has 1 N–H and O–H groups in total. The first-order valence-electron chi connectivity index (χ1n) is 10.9. The SMILES string of the molecule is C=CCn1c(COc2ccc(CCC)cc2)nnc1SCC(=O)Nc1ccc(C(=O)OC)cc1. The van der Waals surface area contributed by atoms with Crippen LogP contribution in [0.4, 0.5) is 5.69 Å². The summed E-state index contributed by atoms with van der Waals surface area (Å²) in [6.07, 6.45) is 3.89. The van der Waals surface area contributed by atoms with Gasteiger partial charge in [0.2, 0.25) is 5.91 Å². The number of thioether (sulfide) groups is 1. The lowest BCUT2D eigenvalue weighted by atomic mass is 10.1. The monoisotopic (exact) mass is 480 g/mol. The average Bonchev–Trinajstić information content (AvgIpc) is 3.24. The molecule has 0 aliphatic rings. The van der Waals surface area contributed by atoms with Crippen LogP contribution in [0, 0.1) is 0 Å². The van der Waals surface area contributed by atoms with E-state index in [0.717, 1.165) is 18.6 Å². The van der Waals surface area contributed by atoms with Crippen molar-refractivity contribution in [1.29, 1.82) is 0 Å². The first kappa shape index (κ1) is 25.0. The fraction of sp³-hybridized carbons (Fsp3) is 0.280. The molecule has 1 aromatic heterocycles. The van der Waals surface area contributed by atoms with Crippen LogP contribution in [0.3, 0.4) is 0 Å². The Balaban J connectivity index is 1.56. The van der Waals surface area contributed by atoms with Gasteiger partial charge in [-0.2, -0.15) is 0 Å². The van der Waals surface area contributed by atoms with Crippen LogP contribution < -0.4 is 10.1 Å². The minimum Gasteiger partial charge on any atom is -0.486 e. The fourth-order valence-corrected chi connectivity index (χ4v) is 3.94. The Kier molecular flexibility index (Phi) is 9.28. The van der Waals surface area contributed by atoms with E-state index in [2.05, 4.69) is 45.9 Å². The summed E-state index contributed by atoms with van der Waals surface area (Å²) >= 11 is 1.28. The lowest BCUT2D eigenvalue weighted by Crippen LogP contribution is -2.15. The Morgan fingerprint density at radius 1 is 1.12 bits per heavy atom. The second-order valence-electron chi connectivity index (χ2n) is 7.39. The number of methoxy groups -OCH3 is 1. The van der Waals surface area contributed by atoms with E-state index in [1.54, 1.807) is 30.3 Å². The molecule has 0 saturated heterocycles. The second kappa shape index (κ2) is 12.6. The van der Waals surface area contributed by atoms with Gasteiger partial charge < -0.3 is 14.8 Å². The third-order valence-corrected chi connectivity index (χ3v) is 5.82. The van der Waals surface area contributed by atoms with Crippen molar-refractivity contribution in [2.45, 2.75) is 38.1 Å². The summed E-state index contributed by atoms with van der Waals surface area (Å²) in [5.41, 5.74) is 2.28. The van der Waals surface area contributed by atoms with Gasteiger partial charge in [-0.15, -0.1) is 16.8 Å². The number of rotatable bonds is 12. The molecule has 2 aromatic carbocycles. The van der Waals surface area contributed by atoms with Crippen LogP contribution in [0.15, 0.2) is 66.3 Å². The molecule has 0 spiro atoms. The van der Waals surface area contributed by atoms with Crippen molar-refractivity contribution in [1.82, 2.24) is 14.8 Å². The molecular formula is C25H28N4O4S. The summed E-state index contributed by atoms with van der Waals surface area (Å²) in [4.78, 5) is 23.9. The van der Waals surface area contributed by atoms with Gasteiger partial charge in [0.05, 0.1) is 18.4 Å². The van der Waals surface area contributed by atoms with Crippen LogP contribution in [0.5, 0.6) is 5.75 Å². The highest BCUT2D eigenvalue weighted by atomic mass is 32.2. The zero-order valence-electron chi connectivity index (χ0n) is 19.3. The number of esters is 1. The lowest BCUT2D eigenvalue weighted by Gasteiger charge is -2.10. The number of anilines is 1. The number of hydrogen-bond acceptors (Lipinski definition) is 7. The summed E-state index contributed by atoms with van der Waals surface area (Å²) in [6, 6.07) is 14.5. The molecule has 3 aromatic rings. The highest BCUT2D eigenvalue weighted by Gasteiger charge is 2.14. The quantitative estimate of drug-likeness (QED) is 0.231. The van der Waals surface area contributed by atoms with E-state index in [9.17, 15) is 9.59 Å². The molecule has 0 fully saturated rings. The molecule has 34 heavy (non-hydrogen) atoms. The maximum absolute atomic E-state index is 12.4. The van der Waals surface area contributed by atoms with Crippen molar-refractivity contribution in [3.63, 3.8) is 0 Å². The standard InChI is InChI=1S/C25H28N4O4S/c1-4-6-18-7-13-21(14-8-18)33-16-22-27-28-25(29(22)15-5-2)34-17-23(30)26-20-11-9-19(10-12-20)24(31)32-3/h5,7-14H,2,4,6,15-17H2,1,3H3,(H,26,30). The molecule has 0 unspecified atom stereocenters. The van der Waals surface area contributed by atoms with Crippen molar-refractivity contribution in [3.05, 3.63) is 78.1 Å². The van der Waals surface area contributed by atoms with E-state index in [0.29, 0.717) is 28.8 Å². The number of carbonyl (C=O) groups is 2. The number of ether oxygens (including phenoxy) is 2. The predicted octanol–water partition coefficient (Wildman–Crippen LogP) is 4.51. The Bertz CT molecular complexity index is 1110. The molecule has 1 amide bonds. The second-order valence-corrected chi connectivity index (χ2v) is 8.33. The Morgan fingerprint density at radius 2 is 1.85 bits per heavy atom. The highest BCUT2D eigenvalue weighted by Crippen LogP contribution is 2.20. The zero-order valence-corrected chi connectivity index (χ0v) is 20.1. The fourth-order valence-electron chi connectivity index (χ4n) is 3.17. The molecule has 0 aliphatic heterocycles. The van der Waals surface area contributed by atoms with E-state index in [-0.39, 0.29) is 18.3 Å². The predicted molar refractivity (Wildman–Crippen MR) is 132 cm³/mol. The maximum Gasteiger partial charge on any atom is 0.337 e. The molecule has 9 heteroatoms. The molecule has 0 radical (unpaired) electrons. The number of amides is 1. The third kappa shape index (κ3) is 6.95. The van der Waals surface area contributed by atoms with Crippen molar-refractivity contribution < 1.29 is 19.1 Å². The van der Waals surface area contributed by atoms with E-state index < -0.39 is 5.97 Å².